The molecule has 0 aliphatic carbocycles. The fraction of sp³-hybridized carbons (Fsp3) is 0.500. The van der Waals surface area contributed by atoms with Gasteiger partial charge in [-0.1, -0.05) is 19.9 Å². The molecule has 1 aromatic heterocycles. The van der Waals surface area contributed by atoms with Gasteiger partial charge >= 0.3 is 6.09 Å². The molecule has 0 aromatic carbocycles. The van der Waals surface area contributed by atoms with E-state index in [2.05, 4.69) is 23.6 Å². The molecule has 1 aromatic rings. The van der Waals surface area contributed by atoms with Crippen molar-refractivity contribution < 1.29 is 9.53 Å². The standard InChI is InChI=1S/C12H18N2O2/c1-9(2)11-7-5-6-10(13-11)8-14(3)12(15)16-4/h5-7,9H,8H2,1-4H3. The SMILES string of the molecule is COC(=O)N(C)Cc1cccc(C(C)C)n1. The van der Waals surface area contributed by atoms with E-state index < -0.39 is 0 Å². The summed E-state index contributed by atoms with van der Waals surface area (Å²) in [6.45, 7) is 4.65. The Balaban J connectivity index is 2.74. The number of methoxy groups -OCH3 is 1. The minimum absolute atomic E-state index is 0.350. The molecular weight excluding hydrogens is 204 g/mol. The van der Waals surface area contributed by atoms with E-state index in [1.54, 1.807) is 7.05 Å². The summed E-state index contributed by atoms with van der Waals surface area (Å²) in [7, 11) is 3.06. The summed E-state index contributed by atoms with van der Waals surface area (Å²) >= 11 is 0. The Hall–Kier alpha value is -1.58. The number of rotatable bonds is 3. The Kier molecular flexibility index (Phi) is 4.28. The maximum atomic E-state index is 11.2. The van der Waals surface area contributed by atoms with Crippen LogP contribution >= 0.6 is 0 Å². The predicted molar refractivity (Wildman–Crippen MR) is 62.2 cm³/mol. The zero-order chi connectivity index (χ0) is 12.1. The number of amides is 1. The van der Waals surface area contributed by atoms with E-state index in [0.29, 0.717) is 12.5 Å². The smallest absolute Gasteiger partial charge is 0.409 e. The molecule has 0 aliphatic heterocycles. The quantitative estimate of drug-likeness (QED) is 0.788. The number of aromatic nitrogens is 1. The van der Waals surface area contributed by atoms with E-state index in [1.807, 2.05) is 18.2 Å². The molecule has 0 saturated heterocycles. The van der Waals surface area contributed by atoms with Crippen molar-refractivity contribution in [3.05, 3.63) is 29.6 Å². The minimum Gasteiger partial charge on any atom is -0.453 e. The van der Waals surface area contributed by atoms with Crippen LogP contribution in [0.2, 0.25) is 0 Å². The number of ether oxygens (including phenoxy) is 1. The topological polar surface area (TPSA) is 42.4 Å². The van der Waals surface area contributed by atoms with Crippen LogP contribution in [0, 0.1) is 0 Å². The van der Waals surface area contributed by atoms with Crippen LogP contribution in [0.5, 0.6) is 0 Å². The Morgan fingerprint density at radius 1 is 1.50 bits per heavy atom. The summed E-state index contributed by atoms with van der Waals surface area (Å²) in [5.74, 6) is 0.392. The van der Waals surface area contributed by atoms with Gasteiger partial charge in [0.05, 0.1) is 19.3 Å². The number of pyridine rings is 1. The first-order valence-electron chi connectivity index (χ1n) is 5.29. The van der Waals surface area contributed by atoms with E-state index in [9.17, 15) is 4.79 Å². The minimum atomic E-state index is -0.350. The molecule has 16 heavy (non-hydrogen) atoms. The highest BCUT2D eigenvalue weighted by Gasteiger charge is 2.10. The molecule has 0 radical (unpaired) electrons. The first kappa shape index (κ1) is 12.5. The van der Waals surface area contributed by atoms with Crippen LogP contribution in [-0.4, -0.2) is 30.1 Å². The molecule has 0 spiro atoms. The third-order valence-electron chi connectivity index (χ3n) is 2.31. The molecule has 0 aliphatic rings. The number of carbonyl (C=O) groups is 1. The molecular formula is C12H18N2O2. The molecule has 0 fully saturated rings. The first-order valence-corrected chi connectivity index (χ1v) is 5.29. The first-order chi connectivity index (χ1) is 7.54. The van der Waals surface area contributed by atoms with Crippen LogP contribution in [0.3, 0.4) is 0 Å². The number of hydrogen-bond donors (Lipinski definition) is 0. The van der Waals surface area contributed by atoms with Crippen molar-refractivity contribution in [2.45, 2.75) is 26.3 Å². The van der Waals surface area contributed by atoms with Crippen LogP contribution in [-0.2, 0) is 11.3 Å². The summed E-state index contributed by atoms with van der Waals surface area (Å²) in [5.41, 5.74) is 1.91. The fourth-order valence-corrected chi connectivity index (χ4v) is 1.37. The Labute approximate surface area is 96.2 Å². The lowest BCUT2D eigenvalue weighted by Gasteiger charge is -2.15. The Bertz CT molecular complexity index is 364. The maximum absolute atomic E-state index is 11.2. The van der Waals surface area contributed by atoms with Gasteiger partial charge in [0.1, 0.15) is 0 Å². The molecule has 0 N–H and O–H groups in total. The van der Waals surface area contributed by atoms with Gasteiger partial charge in [-0.2, -0.15) is 0 Å². The molecule has 1 amide bonds. The average Bonchev–Trinajstić information content (AvgIpc) is 2.28. The van der Waals surface area contributed by atoms with Crippen LogP contribution in [0.4, 0.5) is 4.79 Å². The maximum Gasteiger partial charge on any atom is 0.409 e. The van der Waals surface area contributed by atoms with Gasteiger partial charge in [-0.05, 0) is 18.1 Å². The monoisotopic (exact) mass is 222 g/mol. The second-order valence-corrected chi connectivity index (χ2v) is 4.03. The lowest BCUT2D eigenvalue weighted by molar-refractivity contribution is 0.130. The summed E-state index contributed by atoms with van der Waals surface area (Å²) in [4.78, 5) is 17.2. The normalized spacial score (nSPS) is 10.3. The molecule has 88 valence electrons. The highest BCUT2D eigenvalue weighted by atomic mass is 16.5. The molecule has 1 heterocycles. The Morgan fingerprint density at radius 2 is 2.19 bits per heavy atom. The molecule has 0 unspecified atom stereocenters. The second-order valence-electron chi connectivity index (χ2n) is 4.03. The van der Waals surface area contributed by atoms with Gasteiger partial charge in [0.25, 0.3) is 0 Å². The number of carbonyl (C=O) groups excluding carboxylic acids is 1. The third-order valence-corrected chi connectivity index (χ3v) is 2.31. The molecule has 4 heteroatoms. The zero-order valence-corrected chi connectivity index (χ0v) is 10.2. The van der Waals surface area contributed by atoms with Crippen LogP contribution in [0.15, 0.2) is 18.2 Å². The predicted octanol–water partition coefficient (Wildman–Crippen LogP) is 2.40. The van der Waals surface area contributed by atoms with Gasteiger partial charge in [0, 0.05) is 12.7 Å². The summed E-state index contributed by atoms with van der Waals surface area (Å²) < 4.78 is 4.62. The van der Waals surface area contributed by atoms with Crippen LogP contribution in [0.1, 0.15) is 31.2 Å². The van der Waals surface area contributed by atoms with E-state index in [0.717, 1.165) is 11.4 Å². The third kappa shape index (κ3) is 3.22. The van der Waals surface area contributed by atoms with Gasteiger partial charge in [0.15, 0.2) is 0 Å². The van der Waals surface area contributed by atoms with Crippen molar-refractivity contribution >= 4 is 6.09 Å². The molecule has 1 rings (SSSR count). The van der Waals surface area contributed by atoms with E-state index in [4.69, 9.17) is 0 Å². The lowest BCUT2D eigenvalue weighted by Crippen LogP contribution is -2.26. The van der Waals surface area contributed by atoms with Crippen molar-refractivity contribution in [3.8, 4) is 0 Å². The second kappa shape index (κ2) is 5.49. The van der Waals surface area contributed by atoms with Crippen LogP contribution < -0.4 is 0 Å². The van der Waals surface area contributed by atoms with E-state index >= 15 is 0 Å². The van der Waals surface area contributed by atoms with Gasteiger partial charge in [-0.25, -0.2) is 4.79 Å². The Morgan fingerprint density at radius 3 is 2.75 bits per heavy atom. The van der Waals surface area contributed by atoms with Crippen molar-refractivity contribution in [2.24, 2.45) is 0 Å². The van der Waals surface area contributed by atoms with Crippen molar-refractivity contribution in [1.29, 1.82) is 0 Å². The number of nitrogens with zero attached hydrogens (tertiary/aromatic N) is 2. The highest BCUT2D eigenvalue weighted by molar-refractivity contribution is 5.66. The van der Waals surface area contributed by atoms with Gasteiger partial charge in [-0.3, -0.25) is 4.98 Å². The van der Waals surface area contributed by atoms with Gasteiger partial charge in [0.2, 0.25) is 0 Å². The number of hydrogen-bond acceptors (Lipinski definition) is 3. The van der Waals surface area contributed by atoms with Gasteiger partial charge in [-0.15, -0.1) is 0 Å². The summed E-state index contributed by atoms with van der Waals surface area (Å²) in [6.07, 6.45) is -0.350. The lowest BCUT2D eigenvalue weighted by atomic mass is 10.1. The highest BCUT2D eigenvalue weighted by Crippen LogP contribution is 2.12. The zero-order valence-electron chi connectivity index (χ0n) is 10.2. The van der Waals surface area contributed by atoms with E-state index in [-0.39, 0.29) is 6.09 Å². The van der Waals surface area contributed by atoms with E-state index in [1.165, 1.54) is 12.0 Å². The summed E-state index contributed by atoms with van der Waals surface area (Å²) in [5, 5.41) is 0. The summed E-state index contributed by atoms with van der Waals surface area (Å²) in [6, 6.07) is 5.86. The molecule has 0 bridgehead atoms. The van der Waals surface area contributed by atoms with Crippen molar-refractivity contribution in [3.63, 3.8) is 0 Å². The molecule has 0 saturated carbocycles. The van der Waals surface area contributed by atoms with Crippen LogP contribution in [0.25, 0.3) is 0 Å². The average molecular weight is 222 g/mol. The van der Waals surface area contributed by atoms with Crippen molar-refractivity contribution in [1.82, 2.24) is 9.88 Å². The molecule has 4 nitrogen and oxygen atoms in total. The largest absolute Gasteiger partial charge is 0.453 e. The van der Waals surface area contributed by atoms with Gasteiger partial charge < -0.3 is 9.64 Å². The fourth-order valence-electron chi connectivity index (χ4n) is 1.37. The van der Waals surface area contributed by atoms with Crippen molar-refractivity contribution in [2.75, 3.05) is 14.2 Å². The molecule has 0 atom stereocenters.